The van der Waals surface area contributed by atoms with Gasteiger partial charge in [0.05, 0.1) is 18.2 Å². The third-order valence-electron chi connectivity index (χ3n) is 5.57. The van der Waals surface area contributed by atoms with Crippen LogP contribution in [0.15, 0.2) is 41.1 Å². The molecular formula is C21H21N7O2. The lowest BCUT2D eigenvalue weighted by molar-refractivity contribution is 0.0905. The van der Waals surface area contributed by atoms with E-state index >= 15 is 0 Å². The molecule has 2 fully saturated rings. The predicted molar refractivity (Wildman–Crippen MR) is 106 cm³/mol. The van der Waals surface area contributed by atoms with E-state index in [-0.39, 0.29) is 29.8 Å². The lowest BCUT2D eigenvalue weighted by Crippen LogP contribution is -2.36. The molecule has 1 saturated carbocycles. The van der Waals surface area contributed by atoms with E-state index in [1.165, 1.54) is 0 Å². The number of aromatic nitrogens is 4. The van der Waals surface area contributed by atoms with E-state index < -0.39 is 0 Å². The second kappa shape index (κ2) is 7.72. The minimum Gasteiger partial charge on any atom is -0.412 e. The summed E-state index contributed by atoms with van der Waals surface area (Å²) in [4.78, 5) is 12.6. The van der Waals surface area contributed by atoms with Gasteiger partial charge < -0.3 is 15.1 Å². The summed E-state index contributed by atoms with van der Waals surface area (Å²) in [7, 11) is 0. The van der Waals surface area contributed by atoms with Crippen LogP contribution in [-0.2, 0) is 6.54 Å². The van der Waals surface area contributed by atoms with Gasteiger partial charge in [0.1, 0.15) is 0 Å². The molecule has 5 rings (SSSR count). The van der Waals surface area contributed by atoms with Crippen LogP contribution in [-0.4, -0.2) is 44.5 Å². The molecule has 2 aromatic heterocycles. The molecule has 0 bridgehead atoms. The topological polar surface area (TPSA) is 122 Å². The summed E-state index contributed by atoms with van der Waals surface area (Å²) in [5.41, 5.74) is 2.36. The molecule has 9 heteroatoms. The van der Waals surface area contributed by atoms with Crippen LogP contribution in [0.5, 0.6) is 0 Å². The number of nitrogens with zero attached hydrogens (tertiary/aromatic N) is 5. The van der Waals surface area contributed by atoms with Crippen LogP contribution in [0.3, 0.4) is 0 Å². The summed E-state index contributed by atoms with van der Waals surface area (Å²) >= 11 is 0. The fourth-order valence-electron chi connectivity index (χ4n) is 3.93. The average Bonchev–Trinajstić information content (AvgIpc) is 3.14. The Morgan fingerprint density at radius 3 is 3.03 bits per heavy atom. The minimum atomic E-state index is -0.385. The molecule has 1 aromatic carbocycles. The number of nitrogens with one attached hydrogen (secondary N) is 2. The average molecular weight is 403 g/mol. The highest BCUT2D eigenvalue weighted by Crippen LogP contribution is 2.44. The summed E-state index contributed by atoms with van der Waals surface area (Å²) < 4.78 is 7.57. The maximum Gasteiger partial charge on any atom is 0.309 e. The van der Waals surface area contributed by atoms with Gasteiger partial charge in [-0.2, -0.15) is 10.4 Å². The molecule has 0 spiro atoms. The Hall–Kier alpha value is -3.51. The van der Waals surface area contributed by atoms with E-state index in [2.05, 4.69) is 32.0 Å². The molecule has 0 unspecified atom stereocenters. The first-order valence-corrected chi connectivity index (χ1v) is 10.1. The van der Waals surface area contributed by atoms with Crippen LogP contribution in [0.25, 0.3) is 11.5 Å². The number of hydrogen-bond acceptors (Lipinski definition) is 7. The summed E-state index contributed by atoms with van der Waals surface area (Å²) in [6.07, 6.45) is 6.68. The number of rotatable bonds is 6. The summed E-state index contributed by atoms with van der Waals surface area (Å²) in [6.45, 7) is 1.43. The number of benzene rings is 1. The lowest BCUT2D eigenvalue weighted by atomic mass is 10.0. The molecule has 2 aliphatic rings. The van der Waals surface area contributed by atoms with Crippen molar-refractivity contribution in [3.63, 3.8) is 0 Å². The van der Waals surface area contributed by atoms with E-state index in [1.54, 1.807) is 18.3 Å². The van der Waals surface area contributed by atoms with Gasteiger partial charge in [0.2, 0.25) is 5.89 Å². The van der Waals surface area contributed by atoms with Crippen LogP contribution in [0, 0.1) is 11.3 Å². The molecule has 1 saturated heterocycles. The smallest absolute Gasteiger partial charge is 0.309 e. The molecule has 9 nitrogen and oxygen atoms in total. The second-order valence-corrected chi connectivity index (χ2v) is 7.84. The van der Waals surface area contributed by atoms with E-state index in [9.17, 15) is 10.1 Å². The maximum atomic E-state index is 12.6. The van der Waals surface area contributed by atoms with Gasteiger partial charge in [0, 0.05) is 36.6 Å². The van der Waals surface area contributed by atoms with Crippen LogP contribution in [0.4, 0.5) is 0 Å². The Labute approximate surface area is 173 Å². The Morgan fingerprint density at radius 1 is 1.37 bits per heavy atom. The number of hydrogen-bond donors (Lipinski definition) is 2. The highest BCUT2D eigenvalue weighted by atomic mass is 16.4. The largest absolute Gasteiger partial charge is 0.412 e. The molecule has 1 aliphatic heterocycles. The molecule has 3 aromatic rings. The normalized spacial score (nSPS) is 20.8. The zero-order valence-corrected chi connectivity index (χ0v) is 16.3. The monoisotopic (exact) mass is 403 g/mol. The predicted octanol–water partition coefficient (Wildman–Crippen LogP) is 1.84. The number of amides is 1. The first-order valence-electron chi connectivity index (χ1n) is 10.1. The van der Waals surface area contributed by atoms with E-state index in [4.69, 9.17) is 4.42 Å². The van der Waals surface area contributed by atoms with Crippen LogP contribution in [0.1, 0.15) is 47.0 Å². The highest BCUT2D eigenvalue weighted by Gasteiger charge is 2.30. The van der Waals surface area contributed by atoms with E-state index in [0.29, 0.717) is 18.0 Å². The van der Waals surface area contributed by atoms with Crippen LogP contribution < -0.4 is 10.6 Å². The molecule has 0 radical (unpaired) electrons. The molecule has 1 aliphatic carbocycles. The molecule has 3 heterocycles. The van der Waals surface area contributed by atoms with Gasteiger partial charge in [-0.1, -0.05) is 6.07 Å². The first kappa shape index (κ1) is 18.5. The zero-order chi connectivity index (χ0) is 20.5. The Bertz CT molecular complexity index is 1100. The third-order valence-corrected chi connectivity index (χ3v) is 5.57. The fraction of sp³-hybridized carbons (Fsp3) is 0.381. The summed E-state index contributed by atoms with van der Waals surface area (Å²) in [5, 5.41) is 27.8. The number of carbonyl (C=O) groups is 1. The van der Waals surface area contributed by atoms with Gasteiger partial charge in [-0.3, -0.25) is 9.48 Å². The Morgan fingerprint density at radius 2 is 2.27 bits per heavy atom. The van der Waals surface area contributed by atoms with Crippen molar-refractivity contribution in [2.24, 2.45) is 0 Å². The van der Waals surface area contributed by atoms with Crippen molar-refractivity contribution in [3.8, 4) is 17.5 Å². The number of carbonyl (C=O) groups excluding carboxylic acids is 1. The van der Waals surface area contributed by atoms with Crippen LogP contribution in [0.2, 0.25) is 0 Å². The third kappa shape index (κ3) is 3.82. The van der Waals surface area contributed by atoms with Crippen molar-refractivity contribution < 1.29 is 9.21 Å². The second-order valence-electron chi connectivity index (χ2n) is 7.84. The van der Waals surface area contributed by atoms with Gasteiger partial charge in [-0.15, -0.1) is 10.2 Å². The van der Waals surface area contributed by atoms with Crippen molar-refractivity contribution in [3.05, 3.63) is 53.7 Å². The highest BCUT2D eigenvalue weighted by molar-refractivity contribution is 5.90. The van der Waals surface area contributed by atoms with Gasteiger partial charge in [-0.05, 0) is 48.9 Å². The lowest BCUT2D eigenvalue weighted by Gasteiger charge is -2.11. The SMILES string of the molecule is N#Cc1ccc(C2CC2)c(-c2nnc(C(=O)N[C@H]3CN[C@H](Cn4cccn4)C3)o2)c1. The molecule has 2 N–H and O–H groups in total. The molecule has 30 heavy (non-hydrogen) atoms. The van der Waals surface area contributed by atoms with Gasteiger partial charge >= 0.3 is 11.8 Å². The maximum absolute atomic E-state index is 12.6. The first-order chi connectivity index (χ1) is 14.7. The quantitative estimate of drug-likeness (QED) is 0.644. The van der Waals surface area contributed by atoms with E-state index in [1.807, 2.05) is 23.0 Å². The van der Waals surface area contributed by atoms with Crippen LogP contribution >= 0.6 is 0 Å². The van der Waals surface area contributed by atoms with Crippen molar-refractivity contribution >= 4 is 5.91 Å². The standard InChI is InChI=1S/C21H21N7O2/c22-10-13-2-5-17(14-3-4-14)18(8-13)20-26-27-21(30-20)19(29)25-15-9-16(23-11-15)12-28-7-1-6-24-28/h1-2,5-8,14-16,23H,3-4,9,11-12H2,(H,25,29)/t15-,16+/m1/s1. The van der Waals surface area contributed by atoms with Crippen molar-refractivity contribution in [1.82, 2.24) is 30.6 Å². The zero-order valence-electron chi connectivity index (χ0n) is 16.3. The minimum absolute atomic E-state index is 0.0163. The molecule has 1 amide bonds. The summed E-state index contributed by atoms with van der Waals surface area (Å²) in [5.74, 6) is 0.280. The molecule has 152 valence electrons. The van der Waals surface area contributed by atoms with Gasteiger partial charge in [0.25, 0.3) is 0 Å². The fourth-order valence-corrected chi connectivity index (χ4v) is 3.93. The summed E-state index contributed by atoms with van der Waals surface area (Å²) in [6, 6.07) is 9.75. The van der Waals surface area contributed by atoms with Crippen molar-refractivity contribution in [2.45, 2.75) is 43.8 Å². The van der Waals surface area contributed by atoms with E-state index in [0.717, 1.165) is 36.9 Å². The Balaban J connectivity index is 1.26. The number of nitriles is 1. The van der Waals surface area contributed by atoms with Gasteiger partial charge in [-0.25, -0.2) is 0 Å². The molecule has 2 atom stereocenters. The Kier molecular flexibility index (Phi) is 4.77. The van der Waals surface area contributed by atoms with Gasteiger partial charge in [0.15, 0.2) is 0 Å². The molecular weight excluding hydrogens is 382 g/mol. The van der Waals surface area contributed by atoms with Crippen molar-refractivity contribution in [1.29, 1.82) is 5.26 Å². The van der Waals surface area contributed by atoms with Crippen molar-refractivity contribution in [2.75, 3.05) is 6.54 Å².